The summed E-state index contributed by atoms with van der Waals surface area (Å²) in [4.78, 5) is 38.2. The van der Waals surface area contributed by atoms with Crippen LogP contribution in [0.3, 0.4) is 0 Å². The SMILES string of the molecule is COc1ccccc1-c1nccc(CNc2ccc3cc2C[C@H](C(=O)O)Oc2ncnc4sc(C[C@H]5COCCO5)c(c24)-c2c(C)c(Cl)c(c(Cl)c2C)O[C@H](CN2CCN(C)CC2)CO3)n1. The zero-order valence-corrected chi connectivity index (χ0v) is 39.5. The zero-order chi connectivity index (χ0) is 45.9. The molecule has 15 nitrogen and oxygen atoms in total. The first-order valence-electron chi connectivity index (χ1n) is 21.9. The van der Waals surface area contributed by atoms with Crippen molar-refractivity contribution in [2.75, 3.05) is 78.6 Å². The molecule has 3 aromatic heterocycles. The summed E-state index contributed by atoms with van der Waals surface area (Å²) < 4.78 is 37.5. The van der Waals surface area contributed by atoms with E-state index < -0.39 is 18.2 Å². The minimum Gasteiger partial charge on any atom is -0.496 e. The lowest BCUT2D eigenvalue weighted by molar-refractivity contribution is -0.145. The van der Waals surface area contributed by atoms with Gasteiger partial charge in [0.2, 0.25) is 12.0 Å². The van der Waals surface area contributed by atoms with E-state index in [9.17, 15) is 9.90 Å². The number of piperazine rings is 1. The van der Waals surface area contributed by atoms with Crippen LogP contribution in [0.5, 0.6) is 23.1 Å². The number of halogens is 2. The highest BCUT2D eigenvalue weighted by Gasteiger charge is 2.32. The smallest absolute Gasteiger partial charge is 0.345 e. The third-order valence-electron chi connectivity index (χ3n) is 12.2. The Morgan fingerprint density at radius 1 is 0.955 bits per heavy atom. The van der Waals surface area contributed by atoms with Crippen LogP contribution >= 0.6 is 34.5 Å². The maximum Gasteiger partial charge on any atom is 0.345 e. The number of aliphatic carboxylic acids is 1. The summed E-state index contributed by atoms with van der Waals surface area (Å²) in [6, 6.07) is 15.0. The van der Waals surface area contributed by atoms with Crippen LogP contribution in [-0.2, 0) is 33.7 Å². The molecule has 0 amide bonds. The predicted octanol–water partition coefficient (Wildman–Crippen LogP) is 7.78. The zero-order valence-electron chi connectivity index (χ0n) is 37.1. The van der Waals surface area contributed by atoms with Gasteiger partial charge in [-0.05, 0) is 79.5 Å². The summed E-state index contributed by atoms with van der Waals surface area (Å²) in [5.74, 6) is 0.989. The summed E-state index contributed by atoms with van der Waals surface area (Å²) >= 11 is 16.2. The number of likely N-dealkylation sites (N-methyl/N-ethyl adjacent to an activating group) is 1. The number of hydrogen-bond acceptors (Lipinski definition) is 15. The van der Waals surface area contributed by atoms with Crippen molar-refractivity contribution in [1.29, 1.82) is 0 Å². The van der Waals surface area contributed by atoms with Gasteiger partial charge >= 0.3 is 5.97 Å². The molecule has 0 spiro atoms. The van der Waals surface area contributed by atoms with Gasteiger partial charge in [0.05, 0.1) is 66.3 Å². The van der Waals surface area contributed by atoms with Crippen LogP contribution in [0, 0.1) is 13.8 Å². The van der Waals surface area contributed by atoms with Gasteiger partial charge in [-0.15, -0.1) is 11.3 Å². The predicted molar refractivity (Wildman–Crippen MR) is 254 cm³/mol. The second-order valence-corrected chi connectivity index (χ2v) is 18.5. The Balaban J connectivity index is 1.14. The molecule has 10 rings (SSSR count). The van der Waals surface area contributed by atoms with E-state index in [1.165, 1.54) is 17.7 Å². The first-order chi connectivity index (χ1) is 32.0. The second kappa shape index (κ2) is 20.3. The molecule has 0 aliphatic carbocycles. The van der Waals surface area contributed by atoms with Gasteiger partial charge in [0.25, 0.3) is 0 Å². The maximum absolute atomic E-state index is 13.4. The number of aromatic nitrogens is 4. The highest BCUT2D eigenvalue weighted by Crippen LogP contribution is 2.51. The van der Waals surface area contributed by atoms with E-state index in [0.29, 0.717) is 99.6 Å². The lowest BCUT2D eigenvalue weighted by atomic mass is 9.92. The molecule has 0 saturated carbocycles. The number of benzene rings is 3. The average Bonchev–Trinajstić information content (AvgIpc) is 3.69. The topological polar surface area (TPSA) is 163 Å². The van der Waals surface area contributed by atoms with Crippen molar-refractivity contribution in [3.05, 3.63) is 98.4 Å². The Kier molecular flexibility index (Phi) is 14.1. The molecule has 3 atom stereocenters. The maximum atomic E-state index is 13.4. The molecule has 2 fully saturated rings. The normalized spacial score (nSPS) is 19.4. The van der Waals surface area contributed by atoms with Gasteiger partial charge in [-0.3, -0.25) is 4.90 Å². The van der Waals surface area contributed by atoms with Crippen molar-refractivity contribution >= 4 is 56.4 Å². The van der Waals surface area contributed by atoms with Crippen LogP contribution in [0.25, 0.3) is 32.7 Å². The van der Waals surface area contributed by atoms with Gasteiger partial charge in [0.1, 0.15) is 35.4 Å². The third kappa shape index (κ3) is 9.86. The fraction of sp³-hybridized carbons (Fsp3) is 0.396. The number of carboxylic acids is 1. The van der Waals surface area contributed by atoms with Crippen LogP contribution < -0.4 is 24.3 Å². The Morgan fingerprint density at radius 3 is 2.52 bits per heavy atom. The molecule has 0 unspecified atom stereocenters. The Labute approximate surface area is 396 Å². The number of methoxy groups -OCH3 is 1. The average molecular weight is 957 g/mol. The minimum atomic E-state index is -1.39. The molecule has 4 bridgehead atoms. The number of hydrogen-bond donors (Lipinski definition) is 2. The fourth-order valence-electron chi connectivity index (χ4n) is 8.68. The van der Waals surface area contributed by atoms with Crippen LogP contribution in [-0.4, -0.2) is 132 Å². The quantitative estimate of drug-likeness (QED) is 0.137. The number of ether oxygens (including phenoxy) is 6. The molecular weight excluding hydrogens is 906 g/mol. The summed E-state index contributed by atoms with van der Waals surface area (Å²) in [6.07, 6.45) is 1.43. The molecule has 346 valence electrons. The minimum absolute atomic E-state index is 0.0541. The molecule has 2 N–H and O–H groups in total. The molecule has 6 aromatic rings. The van der Waals surface area contributed by atoms with E-state index in [4.69, 9.17) is 56.6 Å². The standard InChI is InChI=1S/C48H51Cl2N7O8S/c1-27-39-28(2)43(50)44(42(27)49)64-33(23-57-15-13-56(3)14-16-57)25-63-31-9-10-35(52-22-30-11-12-51-45(55-30)34-7-5-6-8-36(34)60-4)29(19-31)20-37(48(58)59)65-46-41-40(39)38(66-47(41)54-26-53-46)21-32-24-61-17-18-62-32/h5-12,19,26,32-33,37,52H,13-18,20-25H2,1-4H3,(H,58,59)/t32-,33+,37+/m0/s1. The third-order valence-corrected chi connectivity index (χ3v) is 14.2. The van der Waals surface area contributed by atoms with E-state index in [0.717, 1.165) is 58.9 Å². The molecule has 2 saturated heterocycles. The van der Waals surface area contributed by atoms with Crippen LogP contribution in [0.1, 0.15) is 27.3 Å². The van der Waals surface area contributed by atoms with Crippen molar-refractivity contribution in [2.24, 2.45) is 0 Å². The number of thiophene rings is 1. The molecule has 4 aliphatic heterocycles. The second-order valence-electron chi connectivity index (χ2n) is 16.7. The van der Waals surface area contributed by atoms with Crippen molar-refractivity contribution in [3.63, 3.8) is 0 Å². The van der Waals surface area contributed by atoms with Gasteiger partial charge in [-0.25, -0.2) is 24.7 Å². The molecule has 18 heteroatoms. The molecule has 7 heterocycles. The van der Waals surface area contributed by atoms with E-state index in [1.54, 1.807) is 13.3 Å². The van der Waals surface area contributed by atoms with Crippen molar-refractivity contribution in [2.45, 2.75) is 51.5 Å². The molecular formula is C48H51Cl2N7O8S. The van der Waals surface area contributed by atoms with Crippen molar-refractivity contribution in [1.82, 2.24) is 29.7 Å². The highest BCUT2D eigenvalue weighted by molar-refractivity contribution is 7.19. The number of carboxylic acid groups (broad SMARTS) is 1. The van der Waals surface area contributed by atoms with Gasteiger partial charge < -0.3 is 43.7 Å². The number of rotatable bonds is 10. The van der Waals surface area contributed by atoms with Crippen molar-refractivity contribution < 1.29 is 38.3 Å². The molecule has 66 heavy (non-hydrogen) atoms. The van der Waals surface area contributed by atoms with Gasteiger partial charge in [-0.1, -0.05) is 35.3 Å². The summed E-state index contributed by atoms with van der Waals surface area (Å²) in [5.41, 5.74) is 5.73. The summed E-state index contributed by atoms with van der Waals surface area (Å²) in [6.45, 7) is 9.85. The number of nitrogens with zero attached hydrogens (tertiary/aromatic N) is 6. The van der Waals surface area contributed by atoms with Crippen molar-refractivity contribution in [3.8, 4) is 45.6 Å². The summed E-state index contributed by atoms with van der Waals surface area (Å²) in [5, 5.41) is 15.7. The number of fused-ring (bicyclic) bond motifs is 7. The monoisotopic (exact) mass is 955 g/mol. The lowest BCUT2D eigenvalue weighted by Crippen LogP contribution is -2.49. The number of nitrogens with one attached hydrogen (secondary N) is 1. The highest BCUT2D eigenvalue weighted by atomic mass is 35.5. The lowest BCUT2D eigenvalue weighted by Gasteiger charge is -2.35. The number of anilines is 1. The Hall–Kier alpha value is -5.33. The van der Waals surface area contributed by atoms with Gasteiger partial charge in [-0.2, -0.15) is 0 Å². The van der Waals surface area contributed by atoms with E-state index in [-0.39, 0.29) is 25.0 Å². The summed E-state index contributed by atoms with van der Waals surface area (Å²) in [7, 11) is 3.73. The number of para-hydroxylation sites is 1. The fourth-order valence-corrected chi connectivity index (χ4v) is 10.4. The van der Waals surface area contributed by atoms with E-state index in [2.05, 4.69) is 37.1 Å². The first kappa shape index (κ1) is 45.8. The first-order valence-corrected chi connectivity index (χ1v) is 23.5. The van der Waals surface area contributed by atoms with E-state index >= 15 is 0 Å². The Bertz CT molecular complexity index is 2700. The van der Waals surface area contributed by atoms with Crippen LogP contribution in [0.15, 0.2) is 61.1 Å². The van der Waals surface area contributed by atoms with Crippen LogP contribution in [0.2, 0.25) is 10.0 Å². The van der Waals surface area contributed by atoms with Crippen LogP contribution in [0.4, 0.5) is 5.69 Å². The van der Waals surface area contributed by atoms with Gasteiger partial charge in [0.15, 0.2) is 11.6 Å². The van der Waals surface area contributed by atoms with E-state index in [1.807, 2.05) is 62.4 Å². The van der Waals surface area contributed by atoms with Gasteiger partial charge in [0, 0.05) is 67.9 Å². The molecule has 4 aliphatic rings. The molecule has 0 radical (unpaired) electrons. The number of carbonyl (C=O) groups is 1. The Morgan fingerprint density at radius 2 is 1.76 bits per heavy atom. The molecule has 3 aromatic carbocycles. The largest absolute Gasteiger partial charge is 0.496 e.